The molecule has 2 aliphatic heterocycles. The molecule has 0 N–H and O–H groups in total. The van der Waals surface area contributed by atoms with Crippen molar-refractivity contribution >= 4 is 17.3 Å². The average Bonchev–Trinajstić information content (AvgIpc) is 2.90. The second-order valence-electron chi connectivity index (χ2n) is 4.72. The van der Waals surface area contributed by atoms with Crippen LogP contribution in [0.4, 0.5) is 5.69 Å². The van der Waals surface area contributed by atoms with Crippen molar-refractivity contribution in [3.8, 4) is 0 Å². The van der Waals surface area contributed by atoms with Gasteiger partial charge in [0.25, 0.3) is 0 Å². The predicted octanol–water partition coefficient (Wildman–Crippen LogP) is 2.19. The molecule has 1 aromatic carbocycles. The van der Waals surface area contributed by atoms with Gasteiger partial charge in [-0.25, -0.2) is 0 Å². The molecular formula is C13H17ClN2. The number of rotatable bonds is 3. The molecule has 1 aromatic rings. The molecule has 2 saturated heterocycles. The van der Waals surface area contributed by atoms with Crippen LogP contribution < -0.4 is 4.90 Å². The first-order valence-corrected chi connectivity index (χ1v) is 6.53. The Kier molecular flexibility index (Phi) is 2.78. The number of alkyl halides is 1. The molecule has 0 radical (unpaired) electrons. The number of fused-ring (bicyclic) bond motifs is 2. The highest BCUT2D eigenvalue weighted by Gasteiger charge is 2.42. The molecule has 2 heterocycles. The minimum atomic E-state index is 0.704. The lowest BCUT2D eigenvalue weighted by Crippen LogP contribution is -2.46. The topological polar surface area (TPSA) is 6.48 Å². The van der Waals surface area contributed by atoms with Crippen LogP contribution in [0.2, 0.25) is 0 Å². The lowest BCUT2D eigenvalue weighted by atomic mass is 10.2. The van der Waals surface area contributed by atoms with Crippen molar-refractivity contribution in [2.45, 2.75) is 18.5 Å². The molecule has 2 nitrogen and oxygen atoms in total. The number of hydrogen-bond acceptors (Lipinski definition) is 2. The molecule has 0 amide bonds. The number of anilines is 1. The molecule has 2 bridgehead atoms. The first-order valence-electron chi connectivity index (χ1n) is 6.00. The van der Waals surface area contributed by atoms with Gasteiger partial charge in [0.05, 0.1) is 0 Å². The van der Waals surface area contributed by atoms with Gasteiger partial charge in [-0.15, -0.1) is 11.6 Å². The third kappa shape index (κ3) is 1.70. The van der Waals surface area contributed by atoms with Gasteiger partial charge < -0.3 is 4.90 Å². The predicted molar refractivity (Wildman–Crippen MR) is 68.3 cm³/mol. The van der Waals surface area contributed by atoms with Gasteiger partial charge in [0.2, 0.25) is 0 Å². The Morgan fingerprint density at radius 1 is 1.12 bits per heavy atom. The fourth-order valence-corrected chi connectivity index (χ4v) is 3.28. The Hall–Kier alpha value is -0.730. The number of nitrogens with zero attached hydrogens (tertiary/aromatic N) is 2. The van der Waals surface area contributed by atoms with E-state index < -0.39 is 0 Å². The summed E-state index contributed by atoms with van der Waals surface area (Å²) in [4.78, 5) is 5.09. The van der Waals surface area contributed by atoms with Crippen molar-refractivity contribution < 1.29 is 0 Å². The molecule has 2 aliphatic rings. The van der Waals surface area contributed by atoms with Gasteiger partial charge in [-0.3, -0.25) is 4.90 Å². The molecule has 2 fully saturated rings. The van der Waals surface area contributed by atoms with E-state index in [1.165, 1.54) is 25.2 Å². The van der Waals surface area contributed by atoms with Gasteiger partial charge in [0.1, 0.15) is 0 Å². The third-order valence-electron chi connectivity index (χ3n) is 3.81. The van der Waals surface area contributed by atoms with Crippen LogP contribution in [-0.2, 0) is 0 Å². The maximum Gasteiger partial charge on any atom is 0.0433 e. The van der Waals surface area contributed by atoms with Gasteiger partial charge in [-0.05, 0) is 18.6 Å². The van der Waals surface area contributed by atoms with Crippen molar-refractivity contribution in [3.63, 3.8) is 0 Å². The second kappa shape index (κ2) is 4.27. The first kappa shape index (κ1) is 10.4. The molecule has 16 heavy (non-hydrogen) atoms. The van der Waals surface area contributed by atoms with Crippen molar-refractivity contribution in [1.82, 2.24) is 4.90 Å². The summed E-state index contributed by atoms with van der Waals surface area (Å²) in [6.07, 6.45) is 1.31. The Morgan fingerprint density at radius 2 is 1.94 bits per heavy atom. The summed E-state index contributed by atoms with van der Waals surface area (Å²) in [5, 5.41) is 0. The molecule has 0 aromatic heterocycles. The monoisotopic (exact) mass is 236 g/mol. The number of para-hydroxylation sites is 1. The van der Waals surface area contributed by atoms with Crippen LogP contribution in [0.1, 0.15) is 6.42 Å². The maximum atomic E-state index is 5.82. The van der Waals surface area contributed by atoms with Gasteiger partial charge >= 0.3 is 0 Å². The summed E-state index contributed by atoms with van der Waals surface area (Å²) < 4.78 is 0. The van der Waals surface area contributed by atoms with E-state index in [1.54, 1.807) is 0 Å². The van der Waals surface area contributed by atoms with Crippen LogP contribution in [0.3, 0.4) is 0 Å². The quantitative estimate of drug-likeness (QED) is 0.743. The summed E-state index contributed by atoms with van der Waals surface area (Å²) in [7, 11) is 0. The summed E-state index contributed by atoms with van der Waals surface area (Å²) in [5.41, 5.74) is 1.38. The number of likely N-dealkylation sites (tertiary alicyclic amines) is 1. The van der Waals surface area contributed by atoms with Gasteiger partial charge in [-0.1, -0.05) is 18.2 Å². The van der Waals surface area contributed by atoms with E-state index in [0.717, 1.165) is 18.5 Å². The Bertz CT molecular complexity index is 354. The van der Waals surface area contributed by atoms with E-state index >= 15 is 0 Å². The molecule has 3 heteroatoms. The molecule has 0 spiro atoms. The van der Waals surface area contributed by atoms with Crippen LogP contribution >= 0.6 is 11.6 Å². The molecular weight excluding hydrogens is 220 g/mol. The van der Waals surface area contributed by atoms with E-state index in [9.17, 15) is 0 Å². The Labute approximate surface area is 102 Å². The van der Waals surface area contributed by atoms with Gasteiger partial charge in [0, 0.05) is 43.3 Å². The van der Waals surface area contributed by atoms with Crippen LogP contribution in [-0.4, -0.2) is 42.5 Å². The van der Waals surface area contributed by atoms with E-state index in [4.69, 9.17) is 11.6 Å². The molecule has 0 aliphatic carbocycles. The van der Waals surface area contributed by atoms with Crippen LogP contribution in [0.5, 0.6) is 0 Å². The number of halogens is 1. The van der Waals surface area contributed by atoms with E-state index in [2.05, 4.69) is 40.1 Å². The summed E-state index contributed by atoms with van der Waals surface area (Å²) in [5.74, 6) is 0.758. The van der Waals surface area contributed by atoms with Crippen LogP contribution in [0.15, 0.2) is 30.3 Å². The second-order valence-corrected chi connectivity index (χ2v) is 5.09. The van der Waals surface area contributed by atoms with E-state index in [0.29, 0.717) is 6.04 Å². The molecule has 86 valence electrons. The van der Waals surface area contributed by atoms with Gasteiger partial charge in [0.15, 0.2) is 0 Å². The Morgan fingerprint density at radius 3 is 2.56 bits per heavy atom. The summed E-state index contributed by atoms with van der Waals surface area (Å²) in [6, 6.07) is 12.2. The molecule has 2 atom stereocenters. The highest BCUT2D eigenvalue weighted by Crippen LogP contribution is 2.34. The largest absolute Gasteiger partial charge is 0.366 e. The normalized spacial score (nSPS) is 28.9. The highest BCUT2D eigenvalue weighted by molar-refractivity contribution is 6.18. The third-order valence-corrected chi connectivity index (χ3v) is 3.98. The van der Waals surface area contributed by atoms with E-state index in [1.807, 2.05) is 0 Å². The fourth-order valence-electron chi connectivity index (χ4n) is 3.07. The first-order chi connectivity index (χ1) is 7.88. The minimum Gasteiger partial charge on any atom is -0.366 e. The van der Waals surface area contributed by atoms with Crippen LogP contribution in [0.25, 0.3) is 0 Å². The lowest BCUT2D eigenvalue weighted by Gasteiger charge is -2.35. The molecule has 3 rings (SSSR count). The van der Waals surface area contributed by atoms with Crippen molar-refractivity contribution in [2.24, 2.45) is 0 Å². The average molecular weight is 237 g/mol. The van der Waals surface area contributed by atoms with Crippen molar-refractivity contribution in [2.75, 3.05) is 30.4 Å². The number of benzene rings is 1. The summed E-state index contributed by atoms with van der Waals surface area (Å²) in [6.45, 7) is 3.41. The summed E-state index contributed by atoms with van der Waals surface area (Å²) >= 11 is 5.82. The van der Waals surface area contributed by atoms with Crippen molar-refractivity contribution in [1.29, 1.82) is 0 Å². The fraction of sp³-hybridized carbons (Fsp3) is 0.538. The minimum absolute atomic E-state index is 0.704. The zero-order valence-corrected chi connectivity index (χ0v) is 10.1. The molecule has 2 unspecified atom stereocenters. The van der Waals surface area contributed by atoms with E-state index in [-0.39, 0.29) is 0 Å². The standard InChI is InChI=1S/C13H17ClN2/c14-6-7-15-9-13-8-12(15)10-16(13)11-4-2-1-3-5-11/h1-5,12-13H,6-10H2. The van der Waals surface area contributed by atoms with Crippen molar-refractivity contribution in [3.05, 3.63) is 30.3 Å². The Balaban J connectivity index is 1.71. The SMILES string of the molecule is ClCCN1CC2CC1CN2c1ccccc1. The smallest absolute Gasteiger partial charge is 0.0433 e. The molecule has 0 saturated carbocycles. The van der Waals surface area contributed by atoms with Gasteiger partial charge in [-0.2, -0.15) is 0 Å². The number of hydrogen-bond donors (Lipinski definition) is 0. The lowest BCUT2D eigenvalue weighted by molar-refractivity contribution is 0.253. The zero-order chi connectivity index (χ0) is 11.0. The highest BCUT2D eigenvalue weighted by atomic mass is 35.5. The maximum absolute atomic E-state index is 5.82. The van der Waals surface area contributed by atoms with Crippen LogP contribution in [0, 0.1) is 0 Å². The zero-order valence-electron chi connectivity index (χ0n) is 9.35. The number of piperazine rings is 1.